The third-order valence-corrected chi connectivity index (χ3v) is 3.31. The van der Waals surface area contributed by atoms with E-state index in [1.807, 2.05) is 0 Å². The molecule has 0 bridgehead atoms. The van der Waals surface area contributed by atoms with E-state index in [1.54, 1.807) is 21.0 Å². The molecule has 0 radical (unpaired) electrons. The van der Waals surface area contributed by atoms with E-state index in [0.29, 0.717) is 35.1 Å². The van der Waals surface area contributed by atoms with Gasteiger partial charge in [-0.25, -0.2) is 4.98 Å². The Labute approximate surface area is 110 Å². The van der Waals surface area contributed by atoms with Crippen LogP contribution in [-0.4, -0.2) is 42.3 Å². The Morgan fingerprint density at radius 3 is 2.67 bits per heavy atom. The number of aromatic nitrogens is 1. The molecule has 0 aliphatic heterocycles. The number of rotatable bonds is 5. The number of carbonyl (C=O) groups is 2. The Morgan fingerprint density at radius 2 is 2.11 bits per heavy atom. The molecule has 7 heteroatoms. The number of aryl methyl sites for hydroxylation is 1. The summed E-state index contributed by atoms with van der Waals surface area (Å²) in [4.78, 5) is 29.5. The van der Waals surface area contributed by atoms with Crippen molar-refractivity contribution in [3.8, 4) is 0 Å². The molecule has 0 spiro atoms. The molecule has 0 aliphatic rings. The molecule has 1 rings (SSSR count). The fourth-order valence-electron chi connectivity index (χ4n) is 1.30. The number of nitrogens with two attached hydrogens (primary N) is 1. The van der Waals surface area contributed by atoms with Gasteiger partial charge < -0.3 is 16.0 Å². The highest BCUT2D eigenvalue weighted by Crippen LogP contribution is 2.23. The van der Waals surface area contributed by atoms with Crippen LogP contribution in [0.25, 0.3) is 0 Å². The lowest BCUT2D eigenvalue weighted by Gasteiger charge is -2.07. The molecule has 0 saturated carbocycles. The van der Waals surface area contributed by atoms with Crippen LogP contribution in [0.4, 0.5) is 5.13 Å². The van der Waals surface area contributed by atoms with Crippen LogP contribution in [0.15, 0.2) is 0 Å². The van der Waals surface area contributed by atoms with Crippen LogP contribution >= 0.6 is 11.3 Å². The van der Waals surface area contributed by atoms with Crippen LogP contribution in [0.5, 0.6) is 0 Å². The summed E-state index contributed by atoms with van der Waals surface area (Å²) >= 11 is 1.19. The van der Waals surface area contributed by atoms with Gasteiger partial charge in [-0.05, 0) is 19.9 Å². The molecule has 2 amide bonds. The first-order valence-electron chi connectivity index (χ1n) is 5.64. The largest absolute Gasteiger partial charge is 0.344 e. The highest BCUT2D eigenvalue weighted by atomic mass is 32.1. The summed E-state index contributed by atoms with van der Waals surface area (Å²) in [5, 5.41) is 3.13. The monoisotopic (exact) mass is 270 g/mol. The zero-order chi connectivity index (χ0) is 13.7. The Hall–Kier alpha value is -1.47. The number of anilines is 1. The van der Waals surface area contributed by atoms with Crippen molar-refractivity contribution in [2.45, 2.75) is 19.8 Å². The highest BCUT2D eigenvalue weighted by molar-refractivity contribution is 7.17. The predicted molar refractivity (Wildman–Crippen MR) is 71.8 cm³/mol. The molecule has 18 heavy (non-hydrogen) atoms. The van der Waals surface area contributed by atoms with Gasteiger partial charge in [0, 0.05) is 20.5 Å². The number of carbonyl (C=O) groups excluding carboxylic acids is 2. The van der Waals surface area contributed by atoms with Gasteiger partial charge >= 0.3 is 0 Å². The Morgan fingerprint density at radius 1 is 1.44 bits per heavy atom. The molecular weight excluding hydrogens is 252 g/mol. The first-order valence-corrected chi connectivity index (χ1v) is 6.46. The van der Waals surface area contributed by atoms with Crippen LogP contribution in [0, 0.1) is 6.92 Å². The van der Waals surface area contributed by atoms with Crippen LogP contribution in [0.2, 0.25) is 0 Å². The summed E-state index contributed by atoms with van der Waals surface area (Å²) in [6, 6.07) is 0. The summed E-state index contributed by atoms with van der Waals surface area (Å²) in [7, 11) is 3.36. The van der Waals surface area contributed by atoms with E-state index in [2.05, 4.69) is 10.3 Å². The molecule has 6 nitrogen and oxygen atoms in total. The van der Waals surface area contributed by atoms with Gasteiger partial charge in [-0.2, -0.15) is 0 Å². The molecule has 1 aromatic heterocycles. The smallest absolute Gasteiger partial charge is 0.265 e. The summed E-state index contributed by atoms with van der Waals surface area (Å²) in [5.41, 5.74) is 5.96. The van der Waals surface area contributed by atoms with E-state index in [-0.39, 0.29) is 11.8 Å². The lowest BCUT2D eigenvalue weighted by atomic mass is 10.3. The number of amides is 2. The maximum absolute atomic E-state index is 11.8. The Balaban J connectivity index is 2.72. The van der Waals surface area contributed by atoms with Crippen molar-refractivity contribution in [3.63, 3.8) is 0 Å². The molecule has 0 aliphatic carbocycles. The molecule has 0 fully saturated rings. The Bertz CT molecular complexity index is 442. The van der Waals surface area contributed by atoms with Crippen LogP contribution in [-0.2, 0) is 4.79 Å². The van der Waals surface area contributed by atoms with E-state index in [4.69, 9.17) is 5.73 Å². The second-order valence-corrected chi connectivity index (χ2v) is 5.07. The fourth-order valence-corrected chi connectivity index (χ4v) is 2.30. The average molecular weight is 270 g/mol. The fraction of sp³-hybridized carbons (Fsp3) is 0.545. The van der Waals surface area contributed by atoms with Gasteiger partial charge in [-0.3, -0.25) is 9.59 Å². The quantitative estimate of drug-likeness (QED) is 0.829. The maximum Gasteiger partial charge on any atom is 0.265 e. The van der Waals surface area contributed by atoms with Crippen molar-refractivity contribution in [2.75, 3.05) is 26.0 Å². The third kappa shape index (κ3) is 3.78. The lowest BCUT2D eigenvalue weighted by molar-refractivity contribution is -0.116. The summed E-state index contributed by atoms with van der Waals surface area (Å²) < 4.78 is 0. The minimum Gasteiger partial charge on any atom is -0.344 e. The minimum atomic E-state index is -0.127. The summed E-state index contributed by atoms with van der Waals surface area (Å²) in [6.45, 7) is 2.23. The number of hydrogen-bond acceptors (Lipinski definition) is 5. The number of thiazole rings is 1. The molecule has 0 saturated heterocycles. The molecule has 0 unspecified atom stereocenters. The second-order valence-electron chi connectivity index (χ2n) is 4.07. The van der Waals surface area contributed by atoms with Crippen molar-refractivity contribution in [1.29, 1.82) is 0 Å². The standard InChI is InChI=1S/C11H18N4O2S/c1-7-9(10(17)15(2)3)18-11(13-7)14-8(16)5-4-6-12/h4-6,12H2,1-3H3,(H,13,14,16). The van der Waals surface area contributed by atoms with Crippen LogP contribution < -0.4 is 11.1 Å². The van der Waals surface area contributed by atoms with Gasteiger partial charge in [0.15, 0.2) is 5.13 Å². The maximum atomic E-state index is 11.8. The van der Waals surface area contributed by atoms with Gasteiger partial charge in [-0.15, -0.1) is 0 Å². The van der Waals surface area contributed by atoms with Gasteiger partial charge in [0.1, 0.15) is 4.88 Å². The van der Waals surface area contributed by atoms with Crippen molar-refractivity contribution in [3.05, 3.63) is 10.6 Å². The van der Waals surface area contributed by atoms with E-state index in [1.165, 1.54) is 16.2 Å². The SMILES string of the molecule is Cc1nc(NC(=O)CCCN)sc1C(=O)N(C)C. The molecular formula is C11H18N4O2S. The summed E-state index contributed by atoms with van der Waals surface area (Å²) in [5.74, 6) is -0.231. The number of hydrogen-bond donors (Lipinski definition) is 2. The number of nitrogens with zero attached hydrogens (tertiary/aromatic N) is 2. The van der Waals surface area contributed by atoms with Crippen molar-refractivity contribution in [2.24, 2.45) is 5.73 Å². The number of nitrogens with one attached hydrogen (secondary N) is 1. The lowest BCUT2D eigenvalue weighted by Crippen LogP contribution is -2.21. The van der Waals surface area contributed by atoms with Crippen LogP contribution in [0.1, 0.15) is 28.2 Å². The third-order valence-electron chi connectivity index (χ3n) is 2.25. The molecule has 1 heterocycles. The second kappa shape index (κ2) is 6.46. The van der Waals surface area contributed by atoms with E-state index >= 15 is 0 Å². The zero-order valence-electron chi connectivity index (χ0n) is 10.8. The predicted octanol–water partition coefficient (Wildman–Crippen LogP) is 0.831. The van der Waals surface area contributed by atoms with E-state index in [0.717, 1.165) is 0 Å². The van der Waals surface area contributed by atoms with Gasteiger partial charge in [-0.1, -0.05) is 11.3 Å². The molecule has 1 aromatic rings. The van der Waals surface area contributed by atoms with E-state index in [9.17, 15) is 9.59 Å². The first-order chi connectivity index (χ1) is 8.45. The topological polar surface area (TPSA) is 88.3 Å². The normalized spacial score (nSPS) is 10.2. The minimum absolute atomic E-state index is 0.104. The molecule has 3 N–H and O–H groups in total. The average Bonchev–Trinajstić information content (AvgIpc) is 2.66. The Kier molecular flexibility index (Phi) is 5.24. The summed E-state index contributed by atoms with van der Waals surface area (Å²) in [6.07, 6.45) is 1.01. The highest BCUT2D eigenvalue weighted by Gasteiger charge is 2.17. The van der Waals surface area contributed by atoms with Crippen molar-refractivity contribution >= 4 is 28.3 Å². The van der Waals surface area contributed by atoms with E-state index < -0.39 is 0 Å². The zero-order valence-corrected chi connectivity index (χ0v) is 11.6. The van der Waals surface area contributed by atoms with Crippen molar-refractivity contribution in [1.82, 2.24) is 9.88 Å². The molecule has 0 atom stereocenters. The van der Waals surface area contributed by atoms with Gasteiger partial charge in [0.25, 0.3) is 5.91 Å². The first kappa shape index (κ1) is 14.6. The molecule has 0 aromatic carbocycles. The molecule has 100 valence electrons. The van der Waals surface area contributed by atoms with Gasteiger partial charge in [0.2, 0.25) is 5.91 Å². The van der Waals surface area contributed by atoms with Crippen LogP contribution in [0.3, 0.4) is 0 Å². The van der Waals surface area contributed by atoms with Crippen molar-refractivity contribution < 1.29 is 9.59 Å². The van der Waals surface area contributed by atoms with Gasteiger partial charge in [0.05, 0.1) is 5.69 Å².